The van der Waals surface area contributed by atoms with E-state index in [9.17, 15) is 4.79 Å². The van der Waals surface area contributed by atoms with Gasteiger partial charge in [0.25, 0.3) is 0 Å². The number of hydrogen-bond donors (Lipinski definition) is 1. The number of hydrogen-bond acceptors (Lipinski definition) is 5. The fourth-order valence-electron chi connectivity index (χ4n) is 1.19. The Bertz CT molecular complexity index is 571. The molecule has 0 saturated heterocycles. The summed E-state index contributed by atoms with van der Waals surface area (Å²) in [7, 11) is 0. The van der Waals surface area contributed by atoms with Crippen LogP contribution < -0.4 is 0 Å². The summed E-state index contributed by atoms with van der Waals surface area (Å²) in [5.41, 5.74) is 0.851. The summed E-state index contributed by atoms with van der Waals surface area (Å²) in [6.07, 6.45) is 4.30. The van der Waals surface area contributed by atoms with Crippen LogP contribution in [0.25, 0.3) is 11.3 Å². The van der Waals surface area contributed by atoms with E-state index in [1.807, 2.05) is 0 Å². The van der Waals surface area contributed by atoms with Gasteiger partial charge in [-0.3, -0.25) is 0 Å². The van der Waals surface area contributed by atoms with Crippen LogP contribution >= 0.6 is 11.6 Å². The lowest BCUT2D eigenvalue weighted by molar-refractivity contribution is 0.0683. The van der Waals surface area contributed by atoms with Crippen molar-refractivity contribution in [1.82, 2.24) is 19.9 Å². The van der Waals surface area contributed by atoms with Crippen LogP contribution in [0.15, 0.2) is 18.6 Å². The summed E-state index contributed by atoms with van der Waals surface area (Å²) in [5.74, 6) is -0.918. The van der Waals surface area contributed by atoms with Gasteiger partial charge in [-0.05, 0) is 6.92 Å². The predicted molar refractivity (Wildman–Crippen MR) is 59.8 cm³/mol. The van der Waals surface area contributed by atoms with Gasteiger partial charge < -0.3 is 5.11 Å². The van der Waals surface area contributed by atoms with Crippen LogP contribution in [-0.4, -0.2) is 31.0 Å². The number of carboxylic acid groups (broad SMARTS) is 1. The first-order valence-corrected chi connectivity index (χ1v) is 5.00. The zero-order valence-corrected chi connectivity index (χ0v) is 9.51. The Morgan fingerprint density at radius 2 is 1.88 bits per heavy atom. The number of aromatic nitrogens is 4. The molecule has 0 bridgehead atoms. The first-order valence-electron chi connectivity index (χ1n) is 4.63. The van der Waals surface area contributed by atoms with Crippen LogP contribution in [0.5, 0.6) is 0 Å². The van der Waals surface area contributed by atoms with Crippen molar-refractivity contribution in [2.45, 2.75) is 6.92 Å². The van der Waals surface area contributed by atoms with Crippen LogP contribution in [0.3, 0.4) is 0 Å². The van der Waals surface area contributed by atoms with E-state index in [1.54, 1.807) is 6.92 Å². The highest BCUT2D eigenvalue weighted by Crippen LogP contribution is 2.23. The molecule has 0 fully saturated rings. The summed E-state index contributed by atoms with van der Waals surface area (Å²) in [5, 5.41) is 9.04. The minimum Gasteiger partial charge on any atom is -0.475 e. The number of nitrogens with zero attached hydrogens (tertiary/aromatic N) is 4. The lowest BCUT2D eigenvalue weighted by Gasteiger charge is -2.03. The summed E-state index contributed by atoms with van der Waals surface area (Å²) in [4.78, 5) is 26.2. The highest BCUT2D eigenvalue weighted by molar-refractivity contribution is 6.32. The number of carbonyl (C=O) groups is 1. The zero-order valence-electron chi connectivity index (χ0n) is 8.75. The minimum atomic E-state index is -1.21. The molecule has 2 aromatic heterocycles. The molecule has 17 heavy (non-hydrogen) atoms. The van der Waals surface area contributed by atoms with Crippen LogP contribution in [0.4, 0.5) is 0 Å². The maximum atomic E-state index is 10.8. The summed E-state index contributed by atoms with van der Waals surface area (Å²) in [6, 6.07) is 0. The first kappa shape index (κ1) is 11.4. The molecule has 0 saturated carbocycles. The van der Waals surface area contributed by atoms with Crippen molar-refractivity contribution >= 4 is 17.6 Å². The molecular formula is C10H7ClN4O2. The molecule has 7 heteroatoms. The van der Waals surface area contributed by atoms with Crippen molar-refractivity contribution in [3.63, 3.8) is 0 Å². The van der Waals surface area contributed by atoms with Crippen molar-refractivity contribution < 1.29 is 9.90 Å². The van der Waals surface area contributed by atoms with Crippen molar-refractivity contribution in [2.24, 2.45) is 0 Å². The van der Waals surface area contributed by atoms with Gasteiger partial charge in [0.2, 0.25) is 5.82 Å². The largest absolute Gasteiger partial charge is 0.475 e. The molecule has 2 heterocycles. The molecule has 86 valence electrons. The zero-order chi connectivity index (χ0) is 12.4. The van der Waals surface area contributed by atoms with E-state index in [2.05, 4.69) is 19.9 Å². The van der Waals surface area contributed by atoms with Crippen molar-refractivity contribution in [3.8, 4) is 11.3 Å². The third-order valence-corrected chi connectivity index (χ3v) is 2.27. The molecule has 0 aliphatic carbocycles. The van der Waals surface area contributed by atoms with E-state index in [0.717, 1.165) is 0 Å². The van der Waals surface area contributed by atoms with E-state index in [-0.39, 0.29) is 10.8 Å². The summed E-state index contributed by atoms with van der Waals surface area (Å²) in [6.45, 7) is 1.74. The Morgan fingerprint density at radius 3 is 2.47 bits per heavy atom. The standard InChI is InChI=1S/C10H7ClN4O2/c1-5-12-2-6(3-13-5)8-7(11)4-14-9(15-8)10(16)17/h2-4H,1H3,(H,16,17). The monoisotopic (exact) mass is 250 g/mol. The Balaban J connectivity index is 2.54. The Hall–Kier alpha value is -2.08. The number of rotatable bonds is 2. The van der Waals surface area contributed by atoms with Gasteiger partial charge in [-0.15, -0.1) is 0 Å². The quantitative estimate of drug-likeness (QED) is 0.871. The van der Waals surface area contributed by atoms with Gasteiger partial charge in [0.1, 0.15) is 5.82 Å². The van der Waals surface area contributed by atoms with E-state index >= 15 is 0 Å². The molecule has 0 aromatic carbocycles. The molecule has 1 N–H and O–H groups in total. The van der Waals surface area contributed by atoms with E-state index in [4.69, 9.17) is 16.7 Å². The van der Waals surface area contributed by atoms with Crippen LogP contribution in [-0.2, 0) is 0 Å². The van der Waals surface area contributed by atoms with Gasteiger partial charge in [-0.25, -0.2) is 24.7 Å². The molecule has 0 aliphatic heterocycles. The Morgan fingerprint density at radius 1 is 1.24 bits per heavy atom. The summed E-state index contributed by atoms with van der Waals surface area (Å²) < 4.78 is 0. The van der Waals surface area contributed by atoms with Gasteiger partial charge in [-0.2, -0.15) is 0 Å². The Kier molecular flexibility index (Phi) is 2.97. The maximum Gasteiger partial charge on any atom is 0.373 e. The number of halogens is 1. The van der Waals surface area contributed by atoms with E-state index in [0.29, 0.717) is 17.1 Å². The van der Waals surface area contributed by atoms with E-state index in [1.165, 1.54) is 18.6 Å². The number of aryl methyl sites for hydroxylation is 1. The lowest BCUT2D eigenvalue weighted by atomic mass is 10.2. The molecule has 0 unspecified atom stereocenters. The summed E-state index contributed by atoms with van der Waals surface area (Å²) >= 11 is 5.90. The first-order chi connectivity index (χ1) is 8.08. The molecule has 0 amide bonds. The van der Waals surface area contributed by atoms with E-state index < -0.39 is 5.97 Å². The van der Waals surface area contributed by atoms with Crippen LogP contribution in [0.2, 0.25) is 5.02 Å². The molecule has 0 atom stereocenters. The van der Waals surface area contributed by atoms with Gasteiger partial charge in [0.15, 0.2) is 0 Å². The topological polar surface area (TPSA) is 88.9 Å². The number of carboxylic acids is 1. The Labute approximate surface area is 101 Å². The molecule has 2 aromatic rings. The average molecular weight is 251 g/mol. The fourth-order valence-corrected chi connectivity index (χ4v) is 1.39. The maximum absolute atomic E-state index is 10.8. The highest BCUT2D eigenvalue weighted by atomic mass is 35.5. The third kappa shape index (κ3) is 2.36. The van der Waals surface area contributed by atoms with Gasteiger partial charge in [0, 0.05) is 18.0 Å². The van der Waals surface area contributed by atoms with Crippen molar-refractivity contribution in [3.05, 3.63) is 35.3 Å². The molecule has 0 radical (unpaired) electrons. The lowest BCUT2D eigenvalue weighted by Crippen LogP contribution is -2.05. The van der Waals surface area contributed by atoms with Gasteiger partial charge >= 0.3 is 5.97 Å². The van der Waals surface area contributed by atoms with Gasteiger partial charge in [-0.1, -0.05) is 11.6 Å². The third-order valence-electron chi connectivity index (χ3n) is 1.99. The second kappa shape index (κ2) is 4.42. The average Bonchev–Trinajstić information content (AvgIpc) is 2.31. The minimum absolute atomic E-state index is 0.252. The highest BCUT2D eigenvalue weighted by Gasteiger charge is 2.12. The molecule has 0 spiro atoms. The van der Waals surface area contributed by atoms with Crippen LogP contribution in [0, 0.1) is 6.92 Å². The smallest absolute Gasteiger partial charge is 0.373 e. The second-order valence-corrected chi connectivity index (χ2v) is 3.62. The predicted octanol–water partition coefficient (Wildman–Crippen LogP) is 1.59. The molecule has 2 rings (SSSR count). The van der Waals surface area contributed by atoms with Crippen molar-refractivity contribution in [2.75, 3.05) is 0 Å². The fraction of sp³-hybridized carbons (Fsp3) is 0.100. The molecule has 0 aliphatic rings. The normalized spacial score (nSPS) is 10.2. The molecular weight excluding hydrogens is 244 g/mol. The SMILES string of the molecule is Cc1ncc(-c2nc(C(=O)O)ncc2Cl)cn1. The van der Waals surface area contributed by atoms with Gasteiger partial charge in [0.05, 0.1) is 16.9 Å². The number of aromatic carboxylic acids is 1. The van der Waals surface area contributed by atoms with Crippen molar-refractivity contribution in [1.29, 1.82) is 0 Å². The molecule has 6 nitrogen and oxygen atoms in total. The second-order valence-electron chi connectivity index (χ2n) is 3.21. The van der Waals surface area contributed by atoms with Crippen LogP contribution in [0.1, 0.15) is 16.4 Å².